The molecule has 1 heterocycles. The molecule has 1 aliphatic rings. The molecule has 1 fully saturated rings. The van der Waals surface area contributed by atoms with Crippen LogP contribution in [0.4, 0.5) is 5.82 Å². The molecule has 1 aromatic rings. The van der Waals surface area contributed by atoms with Crippen molar-refractivity contribution in [1.82, 2.24) is 9.71 Å². The average molecular weight is 285 g/mol. The first-order chi connectivity index (χ1) is 9.12. The number of nitrogens with one attached hydrogen (secondary N) is 2. The highest BCUT2D eigenvalue weighted by molar-refractivity contribution is 7.89. The maximum absolute atomic E-state index is 12.0. The zero-order valence-corrected chi connectivity index (χ0v) is 11.7. The Hall–Kier alpha value is -1.18. The molecule has 0 radical (unpaired) electrons. The topological polar surface area (TPSA) is 80.3 Å². The van der Waals surface area contributed by atoms with Crippen molar-refractivity contribution in [1.29, 1.82) is 0 Å². The van der Waals surface area contributed by atoms with E-state index in [9.17, 15) is 8.42 Å². The molecule has 0 aromatic carbocycles. The molecular formula is C12H19N3O3S. The number of anilines is 1. The van der Waals surface area contributed by atoms with Gasteiger partial charge in [0.15, 0.2) is 0 Å². The first kappa shape index (κ1) is 14.2. The lowest BCUT2D eigenvalue weighted by molar-refractivity contribution is 0.129. The van der Waals surface area contributed by atoms with Gasteiger partial charge in [0.2, 0.25) is 10.0 Å². The Labute approximate surface area is 113 Å². The lowest BCUT2D eigenvalue weighted by Crippen LogP contribution is -2.27. The summed E-state index contributed by atoms with van der Waals surface area (Å²) in [4.78, 5) is 4.18. The Morgan fingerprint density at radius 3 is 2.95 bits per heavy atom. The van der Waals surface area contributed by atoms with Gasteiger partial charge >= 0.3 is 0 Å². The number of pyridine rings is 1. The van der Waals surface area contributed by atoms with Crippen LogP contribution in [0, 0.1) is 5.92 Å². The molecule has 6 nitrogen and oxygen atoms in total. The van der Waals surface area contributed by atoms with E-state index < -0.39 is 10.0 Å². The molecule has 7 heteroatoms. The van der Waals surface area contributed by atoms with E-state index in [0.29, 0.717) is 18.3 Å². The van der Waals surface area contributed by atoms with Crippen molar-refractivity contribution in [2.24, 2.45) is 5.92 Å². The van der Waals surface area contributed by atoms with Crippen molar-refractivity contribution in [2.75, 3.05) is 32.1 Å². The third-order valence-corrected chi connectivity index (χ3v) is 4.35. The van der Waals surface area contributed by atoms with Crippen molar-refractivity contribution in [3.63, 3.8) is 0 Å². The Kier molecular flexibility index (Phi) is 4.73. The summed E-state index contributed by atoms with van der Waals surface area (Å²) >= 11 is 0. The molecule has 19 heavy (non-hydrogen) atoms. The van der Waals surface area contributed by atoms with Crippen LogP contribution in [0.5, 0.6) is 0 Å². The summed E-state index contributed by atoms with van der Waals surface area (Å²) < 4.78 is 31.9. The van der Waals surface area contributed by atoms with Gasteiger partial charge in [-0.05, 0) is 24.8 Å². The van der Waals surface area contributed by atoms with E-state index in [4.69, 9.17) is 4.74 Å². The van der Waals surface area contributed by atoms with Crippen molar-refractivity contribution < 1.29 is 13.2 Å². The summed E-state index contributed by atoms with van der Waals surface area (Å²) in [7, 11) is -1.80. The second-order valence-electron chi connectivity index (χ2n) is 4.54. The number of nitrogens with zero attached hydrogens (tertiary/aromatic N) is 1. The number of hydrogen-bond donors (Lipinski definition) is 2. The van der Waals surface area contributed by atoms with Crippen LogP contribution in [0.15, 0.2) is 23.2 Å². The number of hydrogen-bond acceptors (Lipinski definition) is 5. The minimum absolute atomic E-state index is 0.203. The van der Waals surface area contributed by atoms with Gasteiger partial charge in [0, 0.05) is 32.5 Å². The Morgan fingerprint density at radius 1 is 1.47 bits per heavy atom. The van der Waals surface area contributed by atoms with Gasteiger partial charge in [0.1, 0.15) is 5.82 Å². The lowest BCUT2D eigenvalue weighted by Gasteiger charge is -2.08. The van der Waals surface area contributed by atoms with Crippen LogP contribution >= 0.6 is 0 Å². The number of sulfonamides is 1. The predicted molar refractivity (Wildman–Crippen MR) is 72.5 cm³/mol. The van der Waals surface area contributed by atoms with Gasteiger partial charge in [-0.1, -0.05) is 0 Å². The summed E-state index contributed by atoms with van der Waals surface area (Å²) in [6.07, 6.45) is 3.93. The van der Waals surface area contributed by atoms with E-state index in [1.54, 1.807) is 7.05 Å². The van der Waals surface area contributed by atoms with Gasteiger partial charge in [0.25, 0.3) is 0 Å². The van der Waals surface area contributed by atoms with E-state index >= 15 is 0 Å². The SMILES string of the molecule is CNc1cc(S(=O)(=O)NCCOCC2CC2)ccn1. The molecule has 1 aromatic heterocycles. The molecule has 0 spiro atoms. The fourth-order valence-electron chi connectivity index (χ4n) is 1.58. The molecule has 1 saturated carbocycles. The van der Waals surface area contributed by atoms with Crippen molar-refractivity contribution in [2.45, 2.75) is 17.7 Å². The summed E-state index contributed by atoms with van der Waals surface area (Å²) in [5.74, 6) is 1.21. The normalized spacial score (nSPS) is 15.4. The Morgan fingerprint density at radius 2 is 2.26 bits per heavy atom. The van der Waals surface area contributed by atoms with Crippen LogP contribution < -0.4 is 10.0 Å². The summed E-state index contributed by atoms with van der Waals surface area (Å²) in [5.41, 5.74) is 0. The third-order valence-electron chi connectivity index (χ3n) is 2.89. The minimum Gasteiger partial charge on any atom is -0.380 e. The zero-order valence-electron chi connectivity index (χ0n) is 10.9. The lowest BCUT2D eigenvalue weighted by atomic mass is 10.5. The van der Waals surface area contributed by atoms with Gasteiger partial charge < -0.3 is 10.1 Å². The second kappa shape index (κ2) is 6.31. The molecule has 0 bridgehead atoms. The standard InChI is InChI=1S/C12H19N3O3S/c1-13-12-8-11(4-5-14-12)19(16,17)15-6-7-18-9-10-2-3-10/h4-5,8,10,15H,2-3,6-7,9H2,1H3,(H,13,14). The van der Waals surface area contributed by atoms with Crippen molar-refractivity contribution >= 4 is 15.8 Å². The number of ether oxygens (including phenoxy) is 1. The number of rotatable bonds is 8. The van der Waals surface area contributed by atoms with E-state index in [0.717, 1.165) is 6.61 Å². The highest BCUT2D eigenvalue weighted by Crippen LogP contribution is 2.28. The van der Waals surface area contributed by atoms with Gasteiger partial charge in [0.05, 0.1) is 11.5 Å². The van der Waals surface area contributed by atoms with Crippen LogP contribution in [0.25, 0.3) is 0 Å². The van der Waals surface area contributed by atoms with Gasteiger partial charge in [-0.3, -0.25) is 0 Å². The van der Waals surface area contributed by atoms with Crippen LogP contribution in [0.2, 0.25) is 0 Å². The van der Waals surface area contributed by atoms with Crippen LogP contribution in [-0.4, -0.2) is 40.2 Å². The summed E-state index contributed by atoms with van der Waals surface area (Å²) in [6.45, 7) is 1.42. The van der Waals surface area contributed by atoms with Crippen molar-refractivity contribution in [3.05, 3.63) is 18.3 Å². The van der Waals surface area contributed by atoms with Crippen molar-refractivity contribution in [3.8, 4) is 0 Å². The monoisotopic (exact) mass is 285 g/mol. The van der Waals surface area contributed by atoms with E-state index in [2.05, 4.69) is 15.0 Å². The van der Waals surface area contributed by atoms with Crippen LogP contribution in [-0.2, 0) is 14.8 Å². The highest BCUT2D eigenvalue weighted by atomic mass is 32.2. The average Bonchev–Trinajstić information content (AvgIpc) is 3.22. The van der Waals surface area contributed by atoms with E-state index in [1.807, 2.05) is 0 Å². The minimum atomic E-state index is -3.49. The van der Waals surface area contributed by atoms with Crippen LogP contribution in [0.3, 0.4) is 0 Å². The Balaban J connectivity index is 1.82. The molecule has 2 N–H and O–H groups in total. The van der Waals surface area contributed by atoms with Gasteiger partial charge in [-0.25, -0.2) is 18.1 Å². The zero-order chi connectivity index (χ0) is 13.7. The fraction of sp³-hybridized carbons (Fsp3) is 0.583. The van der Waals surface area contributed by atoms with Gasteiger partial charge in [-0.2, -0.15) is 0 Å². The highest BCUT2D eigenvalue weighted by Gasteiger charge is 2.21. The molecule has 1 aliphatic carbocycles. The molecule has 2 rings (SSSR count). The maximum Gasteiger partial charge on any atom is 0.240 e. The summed E-state index contributed by atoms with van der Waals surface area (Å²) in [6, 6.07) is 2.96. The summed E-state index contributed by atoms with van der Waals surface area (Å²) in [5, 5.41) is 2.81. The van der Waals surface area contributed by atoms with E-state index in [1.165, 1.54) is 31.2 Å². The largest absolute Gasteiger partial charge is 0.380 e. The second-order valence-corrected chi connectivity index (χ2v) is 6.31. The van der Waals surface area contributed by atoms with E-state index in [-0.39, 0.29) is 11.4 Å². The molecular weight excluding hydrogens is 266 g/mol. The van der Waals surface area contributed by atoms with Crippen LogP contribution in [0.1, 0.15) is 12.8 Å². The van der Waals surface area contributed by atoms with Gasteiger partial charge in [-0.15, -0.1) is 0 Å². The predicted octanol–water partition coefficient (Wildman–Crippen LogP) is 0.828. The molecule has 106 valence electrons. The third kappa shape index (κ3) is 4.45. The molecule has 0 unspecified atom stereocenters. The maximum atomic E-state index is 12.0. The Bertz CT molecular complexity index is 515. The first-order valence-corrected chi connectivity index (χ1v) is 7.81. The molecule has 0 aliphatic heterocycles. The number of aromatic nitrogens is 1. The molecule has 0 atom stereocenters. The first-order valence-electron chi connectivity index (χ1n) is 6.33. The molecule has 0 amide bonds. The smallest absolute Gasteiger partial charge is 0.240 e. The molecule has 0 saturated heterocycles. The fourth-order valence-corrected chi connectivity index (χ4v) is 2.61. The quantitative estimate of drug-likeness (QED) is 0.692.